The Morgan fingerprint density at radius 2 is 1.92 bits per heavy atom. The summed E-state index contributed by atoms with van der Waals surface area (Å²) in [5, 5.41) is 6.48. The molecule has 0 bridgehead atoms. The van der Waals surface area contributed by atoms with Crippen LogP contribution >= 0.6 is 15.9 Å². The van der Waals surface area contributed by atoms with Crippen LogP contribution in [0.5, 0.6) is 11.5 Å². The van der Waals surface area contributed by atoms with Crippen LogP contribution in [-0.4, -0.2) is 32.2 Å². The number of hydrogen-bond donors (Lipinski definition) is 2. The molecule has 7 nitrogen and oxygen atoms in total. The second kappa shape index (κ2) is 9.57. The zero-order valence-electron chi connectivity index (χ0n) is 14.3. The molecule has 0 saturated heterocycles. The average molecular weight is 420 g/mol. The molecule has 0 aliphatic heterocycles. The molecule has 0 atom stereocenters. The highest BCUT2D eigenvalue weighted by Crippen LogP contribution is 2.21. The van der Waals surface area contributed by atoms with Crippen molar-refractivity contribution in [1.29, 1.82) is 0 Å². The Labute approximate surface area is 159 Å². The third-order valence-corrected chi connectivity index (χ3v) is 3.75. The van der Waals surface area contributed by atoms with Gasteiger partial charge in [0.2, 0.25) is 11.8 Å². The number of carbonyl (C=O) groups is 2. The lowest BCUT2D eigenvalue weighted by Crippen LogP contribution is -2.24. The molecule has 26 heavy (non-hydrogen) atoms. The van der Waals surface area contributed by atoms with Crippen molar-refractivity contribution in [3.63, 3.8) is 0 Å². The molecule has 0 radical (unpaired) electrons. The quantitative estimate of drug-likeness (QED) is 0.410. The van der Waals surface area contributed by atoms with Crippen LogP contribution in [0.1, 0.15) is 12.0 Å². The van der Waals surface area contributed by atoms with Crippen molar-refractivity contribution in [2.75, 3.05) is 19.5 Å². The van der Waals surface area contributed by atoms with Crippen LogP contribution in [-0.2, 0) is 9.59 Å². The van der Waals surface area contributed by atoms with Crippen molar-refractivity contribution in [2.24, 2.45) is 5.10 Å². The van der Waals surface area contributed by atoms with E-state index in [1.807, 2.05) is 6.07 Å². The lowest BCUT2D eigenvalue weighted by Gasteiger charge is -2.06. The molecule has 2 aromatic rings. The smallest absolute Gasteiger partial charge is 0.249 e. The van der Waals surface area contributed by atoms with Gasteiger partial charge in [-0.25, -0.2) is 5.43 Å². The van der Waals surface area contributed by atoms with Crippen molar-refractivity contribution in [2.45, 2.75) is 6.42 Å². The van der Waals surface area contributed by atoms with Crippen molar-refractivity contribution in [3.8, 4) is 11.5 Å². The van der Waals surface area contributed by atoms with Gasteiger partial charge in [0.15, 0.2) is 0 Å². The van der Waals surface area contributed by atoms with Crippen LogP contribution < -0.4 is 20.2 Å². The van der Waals surface area contributed by atoms with E-state index in [4.69, 9.17) is 9.47 Å². The summed E-state index contributed by atoms with van der Waals surface area (Å²) in [7, 11) is 3.08. The second-order valence-corrected chi connectivity index (χ2v) is 6.05. The zero-order chi connectivity index (χ0) is 18.9. The van der Waals surface area contributed by atoms with Gasteiger partial charge < -0.3 is 14.8 Å². The highest BCUT2D eigenvalue weighted by Gasteiger charge is 2.09. The predicted octanol–water partition coefficient (Wildman–Crippen LogP) is 2.95. The number of nitrogens with one attached hydrogen (secondary N) is 2. The molecule has 0 aromatic heterocycles. The summed E-state index contributed by atoms with van der Waals surface area (Å²) in [5.41, 5.74) is 3.54. The van der Waals surface area contributed by atoms with Crippen molar-refractivity contribution in [3.05, 3.63) is 52.5 Å². The van der Waals surface area contributed by atoms with Gasteiger partial charge in [-0.1, -0.05) is 22.0 Å². The summed E-state index contributed by atoms with van der Waals surface area (Å²) in [5.74, 6) is 0.239. The van der Waals surface area contributed by atoms with Gasteiger partial charge in [-0.2, -0.15) is 5.10 Å². The van der Waals surface area contributed by atoms with Gasteiger partial charge in [0.1, 0.15) is 17.9 Å². The van der Waals surface area contributed by atoms with E-state index in [0.717, 1.165) is 4.47 Å². The topological polar surface area (TPSA) is 89.0 Å². The largest absolute Gasteiger partial charge is 0.497 e. The molecule has 0 heterocycles. The van der Waals surface area contributed by atoms with E-state index in [2.05, 4.69) is 31.8 Å². The fourth-order valence-corrected chi connectivity index (χ4v) is 2.45. The van der Waals surface area contributed by atoms with Crippen molar-refractivity contribution in [1.82, 2.24) is 5.43 Å². The van der Waals surface area contributed by atoms with Gasteiger partial charge >= 0.3 is 0 Å². The van der Waals surface area contributed by atoms with Gasteiger partial charge in [0.05, 0.1) is 20.4 Å². The van der Waals surface area contributed by atoms with E-state index in [9.17, 15) is 9.59 Å². The summed E-state index contributed by atoms with van der Waals surface area (Å²) in [4.78, 5) is 23.7. The second-order valence-electron chi connectivity index (χ2n) is 5.14. The first-order valence-corrected chi connectivity index (χ1v) is 8.40. The highest BCUT2D eigenvalue weighted by molar-refractivity contribution is 9.10. The number of halogens is 1. The number of hydrogen-bond acceptors (Lipinski definition) is 5. The van der Waals surface area contributed by atoms with Crippen LogP contribution in [0, 0.1) is 0 Å². The molecule has 0 aliphatic rings. The van der Waals surface area contributed by atoms with Crippen LogP contribution in [0.2, 0.25) is 0 Å². The Bertz CT molecular complexity index is 824. The first kappa shape index (κ1) is 19.5. The SMILES string of the molecule is COc1cccc(NC(=O)CC(=O)NN=Cc2cc(Br)ccc2OC)c1. The van der Waals surface area contributed by atoms with E-state index < -0.39 is 11.8 Å². The summed E-state index contributed by atoms with van der Waals surface area (Å²) >= 11 is 3.35. The highest BCUT2D eigenvalue weighted by atomic mass is 79.9. The third kappa shape index (κ3) is 5.89. The molecular weight excluding hydrogens is 402 g/mol. The molecule has 2 N–H and O–H groups in total. The van der Waals surface area contributed by atoms with Crippen molar-refractivity contribution < 1.29 is 19.1 Å². The van der Waals surface area contributed by atoms with E-state index in [1.165, 1.54) is 13.3 Å². The summed E-state index contributed by atoms with van der Waals surface area (Å²) in [6, 6.07) is 12.3. The number of benzene rings is 2. The van der Waals surface area contributed by atoms with Gasteiger partial charge in [-0.3, -0.25) is 9.59 Å². The fraction of sp³-hybridized carbons (Fsp3) is 0.167. The summed E-state index contributed by atoms with van der Waals surface area (Å²) in [6.07, 6.45) is 1.09. The van der Waals surface area contributed by atoms with Gasteiger partial charge in [-0.15, -0.1) is 0 Å². The Morgan fingerprint density at radius 1 is 1.12 bits per heavy atom. The number of carbonyl (C=O) groups excluding carboxylic acids is 2. The number of hydrazone groups is 1. The van der Waals surface area contributed by atoms with Gasteiger partial charge in [0.25, 0.3) is 0 Å². The summed E-state index contributed by atoms with van der Waals surface area (Å²) < 4.78 is 11.1. The molecule has 2 amide bonds. The molecular formula is C18H18BrN3O4. The molecule has 8 heteroatoms. The molecule has 0 spiro atoms. The van der Waals surface area contributed by atoms with E-state index in [-0.39, 0.29) is 6.42 Å². The first-order chi connectivity index (χ1) is 12.5. The monoisotopic (exact) mass is 419 g/mol. The minimum absolute atomic E-state index is 0.357. The van der Waals surface area contributed by atoms with E-state index in [1.54, 1.807) is 43.5 Å². The third-order valence-electron chi connectivity index (χ3n) is 3.26. The molecule has 0 fully saturated rings. The Kier molecular flexibility index (Phi) is 7.16. The van der Waals surface area contributed by atoms with Gasteiger partial charge in [0, 0.05) is 21.8 Å². The van der Waals surface area contributed by atoms with Crippen molar-refractivity contribution >= 4 is 39.6 Å². The van der Waals surface area contributed by atoms with Crippen LogP contribution in [0.25, 0.3) is 0 Å². The molecule has 2 rings (SSSR count). The Morgan fingerprint density at radius 3 is 2.65 bits per heavy atom. The number of rotatable bonds is 7. The standard InChI is InChI=1S/C18H18BrN3O4/c1-25-15-5-3-4-14(9-15)21-17(23)10-18(24)22-20-11-12-8-13(19)6-7-16(12)26-2/h3-9,11H,10H2,1-2H3,(H,21,23)(H,22,24). The maximum absolute atomic E-state index is 11.9. The molecule has 0 unspecified atom stereocenters. The maximum Gasteiger partial charge on any atom is 0.249 e. The van der Waals surface area contributed by atoms with E-state index >= 15 is 0 Å². The maximum atomic E-state index is 11.9. The fourth-order valence-electron chi connectivity index (χ4n) is 2.07. The van der Waals surface area contributed by atoms with E-state index in [0.29, 0.717) is 22.7 Å². The lowest BCUT2D eigenvalue weighted by atomic mass is 10.2. The molecule has 2 aromatic carbocycles. The number of ether oxygens (including phenoxy) is 2. The average Bonchev–Trinajstić information content (AvgIpc) is 2.62. The van der Waals surface area contributed by atoms with Crippen LogP contribution in [0.3, 0.4) is 0 Å². The number of amides is 2. The minimum Gasteiger partial charge on any atom is -0.497 e. The van der Waals surface area contributed by atoms with Crippen LogP contribution in [0.15, 0.2) is 52.0 Å². The number of methoxy groups -OCH3 is 2. The first-order valence-electron chi connectivity index (χ1n) is 7.61. The minimum atomic E-state index is -0.532. The number of anilines is 1. The number of nitrogens with zero attached hydrogens (tertiary/aromatic N) is 1. The predicted molar refractivity (Wildman–Crippen MR) is 103 cm³/mol. The Hall–Kier alpha value is -2.87. The molecule has 0 saturated carbocycles. The van der Waals surface area contributed by atoms with Gasteiger partial charge in [-0.05, 0) is 30.3 Å². The normalized spacial score (nSPS) is 10.4. The summed E-state index contributed by atoms with van der Waals surface area (Å²) in [6.45, 7) is 0. The Balaban J connectivity index is 1.88. The molecule has 136 valence electrons. The lowest BCUT2D eigenvalue weighted by molar-refractivity contribution is -0.126. The van der Waals surface area contributed by atoms with Crippen LogP contribution in [0.4, 0.5) is 5.69 Å². The zero-order valence-corrected chi connectivity index (χ0v) is 15.9. The molecule has 0 aliphatic carbocycles.